The van der Waals surface area contributed by atoms with Crippen LogP contribution in [0.2, 0.25) is 5.02 Å². The molecule has 42 heteroatoms. The topological polar surface area (TPSA) is 433 Å². The van der Waals surface area contributed by atoms with Gasteiger partial charge >= 0.3 is 33.8 Å². The average molecular weight is 2220 g/mol. The molecule has 0 spiro atoms. The van der Waals surface area contributed by atoms with Crippen molar-refractivity contribution < 1.29 is 95.6 Å². The van der Waals surface area contributed by atoms with Gasteiger partial charge in [-0.1, -0.05) is 162 Å². The Hall–Kier alpha value is -13.0. The number of fused-ring (bicyclic) bond motifs is 10. The van der Waals surface area contributed by atoms with Gasteiger partial charge in [-0.15, -0.1) is 0 Å². The first kappa shape index (κ1) is 106. The summed E-state index contributed by atoms with van der Waals surface area (Å²) in [5, 5.41) is 3.30. The summed E-state index contributed by atoms with van der Waals surface area (Å²) in [4.78, 5) is 71.5. The number of hydrogen-bond donors (Lipinski definition) is 0. The van der Waals surface area contributed by atoms with Crippen molar-refractivity contribution in [2.75, 3.05) is 73.2 Å². The predicted molar refractivity (Wildman–Crippen MR) is 557 cm³/mol. The Morgan fingerprint density at radius 2 is 0.608 bits per heavy atom. The monoisotopic (exact) mass is 2210 g/mol. The van der Waals surface area contributed by atoms with Gasteiger partial charge in [0.2, 0.25) is 20.0 Å². The SMILES string of the molecule is CCOc1cccc2cc(S(=O)(=O)N3CCCCCC3)c(=O)oc12.COc1ccc2cc(S(=O)(=O)N3CCc4ccccc4C3)c(=O)oc2c1.COc1ccc2oc(=O)c(S(=O)(=O)N3CCc4ccccc4C3)cc2c1.O=c1oc2ccc(Br)cc2cc1S(=O)(=O)N1CCCCCC1.O=c1oc2ccc(Cl)cc2cc1S(=O)(=O)N1CCc2ccccc2C1.O=c1oc2ccc(F)cc2cc1S(=O)(=O)N1CCc2ccccc2C1. The molecule has 22 rings (SSSR count). The molecule has 6 aromatic heterocycles. The van der Waals surface area contributed by atoms with Crippen LogP contribution in [-0.2, 0) is 112 Å². The van der Waals surface area contributed by atoms with Crippen molar-refractivity contribution in [3.63, 3.8) is 0 Å². The molecule has 33 nitrogen and oxygen atoms in total. The summed E-state index contributed by atoms with van der Waals surface area (Å²) in [6.07, 6.45) is 9.74. The van der Waals surface area contributed by atoms with Gasteiger partial charge in [0, 0.05) is 126 Å². The minimum absolute atomic E-state index is 0.148. The summed E-state index contributed by atoms with van der Waals surface area (Å²) >= 11 is 9.28. The molecule has 12 heterocycles. The normalized spacial score (nSPS) is 15.7. The van der Waals surface area contributed by atoms with Gasteiger partial charge in [0.05, 0.1) is 20.8 Å². The molecule has 0 N–H and O–H groups in total. The highest BCUT2D eigenvalue weighted by molar-refractivity contribution is 9.10. The molecule has 2 saturated heterocycles. The molecule has 0 radical (unpaired) electrons. The van der Waals surface area contributed by atoms with E-state index in [4.69, 9.17) is 52.3 Å². The third-order valence-electron chi connectivity index (χ3n) is 26.0. The highest BCUT2D eigenvalue weighted by Crippen LogP contribution is 2.36. The third-order valence-corrected chi connectivity index (χ3v) is 37.8. The number of rotatable bonds is 16. The smallest absolute Gasteiger partial charge is 0.356 e. The number of hydrogen-bond acceptors (Lipinski definition) is 27. The summed E-state index contributed by atoms with van der Waals surface area (Å²) in [7, 11) is -20.5. The van der Waals surface area contributed by atoms with Crippen molar-refractivity contribution in [3.05, 3.63) is 365 Å². The molecule has 6 aliphatic heterocycles. The molecule has 0 bridgehead atoms. The molecular formula is C106H99BrClFN6O27S6. The van der Waals surface area contributed by atoms with Gasteiger partial charge in [-0.2, -0.15) is 25.8 Å². The predicted octanol–water partition coefficient (Wildman–Crippen LogP) is 16.8. The van der Waals surface area contributed by atoms with Crippen LogP contribution in [0, 0.1) is 5.82 Å². The van der Waals surface area contributed by atoms with E-state index in [1.165, 1.54) is 82.5 Å². The summed E-state index contributed by atoms with van der Waals surface area (Å²) < 4.78 is 224. The van der Waals surface area contributed by atoms with Gasteiger partial charge in [-0.25, -0.2) is 83.7 Å². The Bertz CT molecular complexity index is 8780. The van der Waals surface area contributed by atoms with E-state index < -0.39 is 105 Å². The molecule has 10 aromatic carbocycles. The molecule has 0 atom stereocenters. The molecule has 16 aromatic rings. The number of sulfonamides is 6. The van der Waals surface area contributed by atoms with E-state index in [-0.39, 0.29) is 79.3 Å². The summed E-state index contributed by atoms with van der Waals surface area (Å²) in [6.45, 7) is 6.25. The van der Waals surface area contributed by atoms with Crippen molar-refractivity contribution >= 4 is 153 Å². The van der Waals surface area contributed by atoms with E-state index in [9.17, 15) is 83.7 Å². The van der Waals surface area contributed by atoms with E-state index in [1.807, 2.05) is 104 Å². The third kappa shape index (κ3) is 23.4. The van der Waals surface area contributed by atoms with Crippen molar-refractivity contribution in [2.24, 2.45) is 0 Å². The van der Waals surface area contributed by atoms with Gasteiger partial charge in [0.1, 0.15) is 45.2 Å². The van der Waals surface area contributed by atoms with Gasteiger partial charge in [0.15, 0.2) is 40.7 Å². The minimum Gasteiger partial charge on any atom is -0.497 e. The quantitative estimate of drug-likeness (QED) is 0.0811. The number of ether oxygens (including phenoxy) is 3. The first-order chi connectivity index (χ1) is 70.9. The van der Waals surface area contributed by atoms with Crippen LogP contribution in [0.5, 0.6) is 17.2 Å². The van der Waals surface area contributed by atoms with Gasteiger partial charge in [-0.3, -0.25) is 0 Å². The van der Waals surface area contributed by atoms with Crippen molar-refractivity contribution in [1.29, 1.82) is 0 Å². The van der Waals surface area contributed by atoms with Crippen LogP contribution >= 0.6 is 27.5 Å². The molecule has 0 saturated carbocycles. The summed E-state index contributed by atoms with van der Waals surface area (Å²) in [6, 6.07) is 67.2. The van der Waals surface area contributed by atoms with Gasteiger partial charge < -0.3 is 40.7 Å². The Morgan fingerprint density at radius 1 is 0.297 bits per heavy atom. The molecule has 0 amide bonds. The molecule has 0 unspecified atom stereocenters. The maximum atomic E-state index is 13.4. The minimum atomic E-state index is -4.04. The van der Waals surface area contributed by atoms with Crippen LogP contribution in [0.3, 0.4) is 0 Å². The van der Waals surface area contributed by atoms with Crippen molar-refractivity contribution in [2.45, 2.75) is 140 Å². The molecule has 772 valence electrons. The average Bonchev–Trinajstić information content (AvgIpc) is 0.843. The molecule has 0 aliphatic carbocycles. The maximum Gasteiger partial charge on any atom is 0.356 e. The van der Waals surface area contributed by atoms with E-state index in [2.05, 4.69) is 15.9 Å². The van der Waals surface area contributed by atoms with Crippen LogP contribution in [0.1, 0.15) is 103 Å². The Morgan fingerprint density at radius 3 is 1.00 bits per heavy atom. The summed E-state index contributed by atoms with van der Waals surface area (Å²) in [5.74, 6) is 0.993. The number of benzene rings is 10. The van der Waals surface area contributed by atoms with Crippen LogP contribution in [-0.4, -0.2) is 150 Å². The van der Waals surface area contributed by atoms with Crippen LogP contribution in [0.15, 0.2) is 332 Å². The number of para-hydroxylation sites is 1. The molecular weight excluding hydrogens is 2120 g/mol. The van der Waals surface area contributed by atoms with Crippen LogP contribution in [0.25, 0.3) is 65.8 Å². The fourth-order valence-electron chi connectivity index (χ4n) is 18.2. The second-order valence-corrected chi connectivity index (χ2v) is 48.2. The van der Waals surface area contributed by atoms with Crippen LogP contribution in [0.4, 0.5) is 4.39 Å². The zero-order valence-electron chi connectivity index (χ0n) is 80.1. The first-order valence-electron chi connectivity index (χ1n) is 47.3. The first-order valence-corrected chi connectivity index (χ1v) is 57.1. The largest absolute Gasteiger partial charge is 0.497 e. The van der Waals surface area contributed by atoms with Gasteiger partial charge in [0.25, 0.3) is 40.1 Å². The maximum absolute atomic E-state index is 13.4. The summed E-state index contributed by atoms with van der Waals surface area (Å²) in [5.41, 5.74) is 4.78. The standard InChI is InChI=1S/2C19H17NO5S.C18H14ClNO4S.C18H14FNO4S.C17H21NO5S.C15H16BrNO4S/c1-24-16-7-6-14-10-18(19(21)25-17(14)11-16)26(22,23)20-9-8-13-4-2-3-5-15(13)12-20;1-24-16-6-7-17-15(10-16)11-18(19(21)25-17)26(22,23)20-9-8-13-4-2-3-5-14(13)12-20;2*19-15-5-6-16-14(9-15)10-17(18(21)24-16)25(22,23)20-8-7-12-3-1-2-4-13(12)11-20;1-2-22-14-9-7-8-13-12-15(17(19)23-16(13)14)24(20,21)18-10-5-3-4-6-11-18;16-12-5-6-13-11(9-12)10-14(15(18)21-13)22(19,20)17-7-3-1-2-4-8-17/h2*2-7,10-11H,8-9,12H2,1H3;2*1-6,9-10H,7-8,11H2;7-9,12H,2-6,10-11H2,1H3;5-6,9-10H,1-4,7-8H2. The lowest BCUT2D eigenvalue weighted by Crippen LogP contribution is -2.37. The number of methoxy groups -OCH3 is 2. The van der Waals surface area contributed by atoms with Crippen LogP contribution < -0.4 is 48.0 Å². The lowest BCUT2D eigenvalue weighted by molar-refractivity contribution is 0.336. The van der Waals surface area contributed by atoms with E-state index in [0.29, 0.717) is 144 Å². The fraction of sp³-hybridized carbons (Fsp3) is 0.264. The molecule has 148 heavy (non-hydrogen) atoms. The molecule has 6 aliphatic rings. The number of nitrogens with zero attached hydrogens (tertiary/aromatic N) is 6. The zero-order valence-corrected chi connectivity index (χ0v) is 87.3. The van der Waals surface area contributed by atoms with Crippen molar-refractivity contribution in [3.8, 4) is 17.2 Å². The highest BCUT2D eigenvalue weighted by atomic mass is 79.9. The zero-order chi connectivity index (χ0) is 105. The second-order valence-electron chi connectivity index (χ2n) is 35.4. The van der Waals surface area contributed by atoms with E-state index in [1.54, 1.807) is 91.0 Å². The number of halogens is 3. The Balaban J connectivity index is 0.000000121. The van der Waals surface area contributed by atoms with E-state index in [0.717, 1.165) is 112 Å². The second kappa shape index (κ2) is 45.2. The Labute approximate surface area is 863 Å². The van der Waals surface area contributed by atoms with Crippen molar-refractivity contribution in [1.82, 2.24) is 25.8 Å². The van der Waals surface area contributed by atoms with Gasteiger partial charge in [-0.05, 0) is 230 Å². The lowest BCUT2D eigenvalue weighted by atomic mass is 10.0. The van der Waals surface area contributed by atoms with E-state index >= 15 is 0 Å². The highest BCUT2D eigenvalue weighted by Gasteiger charge is 2.39. The molecule has 2 fully saturated rings. The fourth-order valence-corrected chi connectivity index (χ4v) is 27.6. The Kier molecular flexibility index (Phi) is 32.5. The lowest BCUT2D eigenvalue weighted by Gasteiger charge is -2.27.